The minimum atomic E-state index is -0.289. The van der Waals surface area contributed by atoms with Gasteiger partial charge >= 0.3 is 0 Å². The molecule has 2 aromatic rings. The Kier molecular flexibility index (Phi) is 4.35. The van der Waals surface area contributed by atoms with Crippen molar-refractivity contribution in [2.75, 3.05) is 22.9 Å². The maximum Gasteiger partial charge on any atom is 0.135 e. The molecule has 0 aliphatic rings. The summed E-state index contributed by atoms with van der Waals surface area (Å²) in [7, 11) is 0. The largest absolute Gasteiger partial charge is 0.369 e. The van der Waals surface area contributed by atoms with E-state index in [4.69, 9.17) is 0 Å². The summed E-state index contributed by atoms with van der Waals surface area (Å²) in [6, 6.07) is 7.97. The fourth-order valence-electron chi connectivity index (χ4n) is 1.42. The van der Waals surface area contributed by atoms with Crippen molar-refractivity contribution in [2.24, 2.45) is 0 Å². The van der Waals surface area contributed by atoms with Crippen LogP contribution in [0.5, 0.6) is 0 Å². The third kappa shape index (κ3) is 3.59. The molecule has 1 aromatic heterocycles. The zero-order valence-corrected chi connectivity index (χ0v) is 10.5. The fraction of sp³-hybridized carbons (Fsp3) is 0.167. The number of anilines is 3. The van der Waals surface area contributed by atoms with Gasteiger partial charge in [-0.1, -0.05) is 6.07 Å². The molecule has 0 saturated heterocycles. The van der Waals surface area contributed by atoms with Crippen LogP contribution in [0.2, 0.25) is 0 Å². The number of thiol groups is 1. The van der Waals surface area contributed by atoms with E-state index in [9.17, 15) is 4.39 Å². The number of hydrogen-bond donors (Lipinski definition) is 3. The van der Waals surface area contributed by atoms with Crippen LogP contribution in [-0.2, 0) is 0 Å². The average molecular weight is 264 g/mol. The van der Waals surface area contributed by atoms with Crippen LogP contribution in [0.25, 0.3) is 0 Å². The second-order valence-corrected chi connectivity index (χ2v) is 4.02. The van der Waals surface area contributed by atoms with Crippen molar-refractivity contribution in [1.29, 1.82) is 0 Å². The van der Waals surface area contributed by atoms with Gasteiger partial charge in [0.1, 0.15) is 23.8 Å². The monoisotopic (exact) mass is 264 g/mol. The number of halogens is 1. The van der Waals surface area contributed by atoms with Gasteiger partial charge in [-0.25, -0.2) is 14.4 Å². The molecular formula is C12H13FN4S. The molecular weight excluding hydrogens is 251 g/mol. The minimum Gasteiger partial charge on any atom is -0.369 e. The van der Waals surface area contributed by atoms with E-state index in [1.807, 2.05) is 0 Å². The molecule has 0 aliphatic heterocycles. The molecule has 0 spiro atoms. The van der Waals surface area contributed by atoms with Gasteiger partial charge in [0.25, 0.3) is 0 Å². The van der Waals surface area contributed by atoms with Gasteiger partial charge in [-0.2, -0.15) is 12.6 Å². The number of nitrogens with one attached hydrogen (secondary N) is 2. The Morgan fingerprint density at radius 2 is 2.00 bits per heavy atom. The highest BCUT2D eigenvalue weighted by atomic mass is 32.1. The summed E-state index contributed by atoms with van der Waals surface area (Å²) in [5.74, 6) is 1.74. The van der Waals surface area contributed by atoms with E-state index in [1.54, 1.807) is 18.2 Å². The van der Waals surface area contributed by atoms with E-state index in [2.05, 4.69) is 33.2 Å². The molecule has 94 valence electrons. The minimum absolute atomic E-state index is 0.289. The third-order valence-corrected chi connectivity index (χ3v) is 2.41. The van der Waals surface area contributed by atoms with Gasteiger partial charge < -0.3 is 10.6 Å². The maximum atomic E-state index is 13.0. The summed E-state index contributed by atoms with van der Waals surface area (Å²) in [6.45, 7) is 0.722. The van der Waals surface area contributed by atoms with Gasteiger partial charge in [-0.15, -0.1) is 0 Å². The molecule has 2 rings (SSSR count). The highest BCUT2D eigenvalue weighted by Gasteiger charge is 2.00. The molecule has 0 bridgehead atoms. The van der Waals surface area contributed by atoms with Crippen LogP contribution in [0.15, 0.2) is 36.7 Å². The Bertz CT molecular complexity index is 521. The summed E-state index contributed by atoms with van der Waals surface area (Å²) in [5, 5.41) is 6.10. The molecule has 0 fully saturated rings. The normalized spacial score (nSPS) is 10.1. The van der Waals surface area contributed by atoms with Crippen molar-refractivity contribution >= 4 is 30.0 Å². The smallest absolute Gasteiger partial charge is 0.135 e. The summed E-state index contributed by atoms with van der Waals surface area (Å²) in [4.78, 5) is 8.13. The first kappa shape index (κ1) is 12.6. The van der Waals surface area contributed by atoms with Crippen molar-refractivity contribution in [3.8, 4) is 0 Å². The Labute approximate surface area is 110 Å². The van der Waals surface area contributed by atoms with Gasteiger partial charge in [0, 0.05) is 24.1 Å². The number of hydrogen-bond acceptors (Lipinski definition) is 5. The molecule has 0 saturated carbocycles. The zero-order valence-electron chi connectivity index (χ0n) is 9.60. The van der Waals surface area contributed by atoms with E-state index >= 15 is 0 Å². The standard InChI is InChI=1S/C12H13FN4S/c13-9-2-1-3-10(6-9)17-12-7-11(14-4-5-18)15-8-16-12/h1-3,6-8,18H,4-5H2,(H2,14,15,16,17). The molecule has 4 nitrogen and oxygen atoms in total. The predicted molar refractivity (Wildman–Crippen MR) is 74.1 cm³/mol. The highest BCUT2D eigenvalue weighted by Crippen LogP contribution is 2.16. The van der Waals surface area contributed by atoms with Crippen LogP contribution in [-0.4, -0.2) is 22.3 Å². The van der Waals surface area contributed by atoms with E-state index in [0.29, 0.717) is 17.3 Å². The Balaban J connectivity index is 2.09. The molecule has 0 atom stereocenters. The Morgan fingerprint density at radius 1 is 1.17 bits per heavy atom. The van der Waals surface area contributed by atoms with Crippen LogP contribution in [0.3, 0.4) is 0 Å². The van der Waals surface area contributed by atoms with Crippen molar-refractivity contribution in [3.05, 3.63) is 42.5 Å². The van der Waals surface area contributed by atoms with Gasteiger partial charge in [-0.3, -0.25) is 0 Å². The fourth-order valence-corrected chi connectivity index (χ4v) is 1.53. The lowest BCUT2D eigenvalue weighted by Gasteiger charge is -2.07. The van der Waals surface area contributed by atoms with E-state index in [0.717, 1.165) is 12.3 Å². The van der Waals surface area contributed by atoms with Crippen LogP contribution < -0.4 is 10.6 Å². The SMILES string of the molecule is Fc1cccc(Nc2cc(NCCS)ncn2)c1. The molecule has 0 radical (unpaired) electrons. The van der Waals surface area contributed by atoms with E-state index in [1.165, 1.54) is 18.5 Å². The van der Waals surface area contributed by atoms with Crippen molar-refractivity contribution in [2.45, 2.75) is 0 Å². The highest BCUT2D eigenvalue weighted by molar-refractivity contribution is 7.80. The average Bonchev–Trinajstić information content (AvgIpc) is 2.37. The van der Waals surface area contributed by atoms with E-state index < -0.39 is 0 Å². The predicted octanol–water partition coefficient (Wildman–Crippen LogP) is 2.70. The quantitative estimate of drug-likeness (QED) is 0.727. The number of benzene rings is 1. The van der Waals surface area contributed by atoms with Gasteiger partial charge in [0.2, 0.25) is 0 Å². The summed E-state index contributed by atoms with van der Waals surface area (Å²) in [6.07, 6.45) is 1.45. The van der Waals surface area contributed by atoms with Crippen LogP contribution in [0, 0.1) is 5.82 Å². The first-order chi connectivity index (χ1) is 8.78. The van der Waals surface area contributed by atoms with Crippen LogP contribution in [0.1, 0.15) is 0 Å². The molecule has 1 aromatic carbocycles. The number of rotatable bonds is 5. The topological polar surface area (TPSA) is 49.8 Å². The second-order valence-electron chi connectivity index (χ2n) is 3.57. The van der Waals surface area contributed by atoms with Gasteiger partial charge in [0.05, 0.1) is 0 Å². The molecule has 6 heteroatoms. The number of nitrogens with zero attached hydrogens (tertiary/aromatic N) is 2. The Hall–Kier alpha value is -1.82. The maximum absolute atomic E-state index is 13.0. The summed E-state index contributed by atoms with van der Waals surface area (Å²) >= 11 is 4.10. The van der Waals surface area contributed by atoms with Crippen LogP contribution >= 0.6 is 12.6 Å². The van der Waals surface area contributed by atoms with Crippen molar-refractivity contribution in [1.82, 2.24) is 9.97 Å². The van der Waals surface area contributed by atoms with E-state index in [-0.39, 0.29) is 5.82 Å². The number of aromatic nitrogens is 2. The van der Waals surface area contributed by atoms with Crippen LogP contribution in [0.4, 0.5) is 21.7 Å². The molecule has 2 N–H and O–H groups in total. The lowest BCUT2D eigenvalue weighted by molar-refractivity contribution is 0.628. The molecule has 18 heavy (non-hydrogen) atoms. The molecule has 0 unspecified atom stereocenters. The van der Waals surface area contributed by atoms with Gasteiger partial charge in [-0.05, 0) is 18.2 Å². The summed E-state index contributed by atoms with van der Waals surface area (Å²) in [5.41, 5.74) is 0.647. The molecule has 0 amide bonds. The lowest BCUT2D eigenvalue weighted by Crippen LogP contribution is -2.05. The van der Waals surface area contributed by atoms with Crippen molar-refractivity contribution < 1.29 is 4.39 Å². The third-order valence-electron chi connectivity index (χ3n) is 2.18. The van der Waals surface area contributed by atoms with Crippen molar-refractivity contribution in [3.63, 3.8) is 0 Å². The second kappa shape index (κ2) is 6.20. The van der Waals surface area contributed by atoms with Gasteiger partial charge in [0.15, 0.2) is 0 Å². The Morgan fingerprint density at radius 3 is 2.78 bits per heavy atom. The molecule has 0 aliphatic carbocycles. The lowest BCUT2D eigenvalue weighted by atomic mass is 10.3. The first-order valence-corrected chi connectivity index (χ1v) is 6.10. The molecule has 1 heterocycles. The first-order valence-electron chi connectivity index (χ1n) is 5.47. The summed E-state index contributed by atoms with van der Waals surface area (Å²) < 4.78 is 13.0. The zero-order chi connectivity index (χ0) is 12.8.